The van der Waals surface area contributed by atoms with E-state index in [0.717, 1.165) is 17.6 Å². The van der Waals surface area contributed by atoms with Crippen molar-refractivity contribution in [2.75, 3.05) is 0 Å². The molecular weight excluding hydrogens is 256 g/mol. The predicted molar refractivity (Wildman–Crippen MR) is 88.1 cm³/mol. The summed E-state index contributed by atoms with van der Waals surface area (Å²) in [6.07, 6.45) is 6.29. The molecule has 2 nitrogen and oxygen atoms in total. The summed E-state index contributed by atoms with van der Waals surface area (Å²) in [5.74, 6) is 0.691. The lowest BCUT2D eigenvalue weighted by Gasteiger charge is -2.34. The SMILES string of the molecule is CCc1cc2cc(C3=NC4CCC3CC4)ccc2nc1C. The summed E-state index contributed by atoms with van der Waals surface area (Å²) in [4.78, 5) is 9.72. The second-order valence-corrected chi connectivity index (χ2v) is 6.51. The predicted octanol–water partition coefficient (Wildman–Crippen LogP) is 4.47. The number of benzene rings is 1. The maximum Gasteiger partial charge on any atom is 0.0705 e. The molecule has 0 saturated heterocycles. The van der Waals surface area contributed by atoms with Crippen molar-refractivity contribution in [2.45, 2.75) is 52.0 Å². The van der Waals surface area contributed by atoms with Crippen LogP contribution in [0.3, 0.4) is 0 Å². The van der Waals surface area contributed by atoms with Gasteiger partial charge in [0.1, 0.15) is 0 Å². The fraction of sp³-hybridized carbons (Fsp3) is 0.474. The minimum absolute atomic E-state index is 0.586. The number of aromatic nitrogens is 1. The Kier molecular flexibility index (Phi) is 3.06. The van der Waals surface area contributed by atoms with E-state index in [1.54, 1.807) is 0 Å². The van der Waals surface area contributed by atoms with Crippen molar-refractivity contribution in [3.8, 4) is 0 Å². The van der Waals surface area contributed by atoms with Gasteiger partial charge >= 0.3 is 0 Å². The van der Waals surface area contributed by atoms with Crippen LogP contribution >= 0.6 is 0 Å². The van der Waals surface area contributed by atoms with Crippen LogP contribution in [-0.4, -0.2) is 16.7 Å². The van der Waals surface area contributed by atoms with Crippen molar-refractivity contribution < 1.29 is 0 Å². The minimum atomic E-state index is 0.586. The molecule has 5 rings (SSSR count). The van der Waals surface area contributed by atoms with Gasteiger partial charge in [-0.2, -0.15) is 0 Å². The molecule has 1 aliphatic carbocycles. The molecule has 108 valence electrons. The summed E-state index contributed by atoms with van der Waals surface area (Å²) in [5, 5.41) is 1.26. The number of aliphatic imine (C=N–C) groups is 1. The van der Waals surface area contributed by atoms with Gasteiger partial charge in [-0.15, -0.1) is 0 Å². The Bertz CT molecular complexity index is 722. The summed E-state index contributed by atoms with van der Waals surface area (Å²) in [7, 11) is 0. The highest BCUT2D eigenvalue weighted by atomic mass is 14.8. The molecule has 1 aromatic heterocycles. The second-order valence-electron chi connectivity index (χ2n) is 6.51. The van der Waals surface area contributed by atoms with E-state index in [4.69, 9.17) is 9.98 Å². The van der Waals surface area contributed by atoms with Gasteiger partial charge in [0.25, 0.3) is 0 Å². The van der Waals surface area contributed by atoms with Gasteiger partial charge in [-0.05, 0) is 68.4 Å². The molecule has 2 aromatic rings. The summed E-state index contributed by atoms with van der Waals surface area (Å²) in [5.41, 5.74) is 6.30. The minimum Gasteiger partial charge on any atom is -0.286 e. The molecule has 0 N–H and O–H groups in total. The Morgan fingerprint density at radius 2 is 1.90 bits per heavy atom. The highest BCUT2D eigenvalue weighted by molar-refractivity contribution is 6.05. The van der Waals surface area contributed by atoms with E-state index >= 15 is 0 Å². The van der Waals surface area contributed by atoms with Gasteiger partial charge in [0.2, 0.25) is 0 Å². The van der Waals surface area contributed by atoms with Crippen LogP contribution in [0.4, 0.5) is 0 Å². The van der Waals surface area contributed by atoms with E-state index in [0.29, 0.717) is 12.0 Å². The summed E-state index contributed by atoms with van der Waals surface area (Å²) >= 11 is 0. The third-order valence-corrected chi connectivity index (χ3v) is 5.19. The Morgan fingerprint density at radius 1 is 1.10 bits per heavy atom. The third kappa shape index (κ3) is 2.17. The number of nitrogens with zero attached hydrogens (tertiary/aromatic N) is 2. The number of rotatable bonds is 2. The van der Waals surface area contributed by atoms with Crippen LogP contribution < -0.4 is 0 Å². The average Bonchev–Trinajstić information content (AvgIpc) is 2.55. The monoisotopic (exact) mass is 278 g/mol. The zero-order valence-electron chi connectivity index (χ0n) is 12.9. The highest BCUT2D eigenvalue weighted by Crippen LogP contribution is 2.35. The van der Waals surface area contributed by atoms with Gasteiger partial charge in [-0.1, -0.05) is 13.0 Å². The largest absolute Gasteiger partial charge is 0.286 e. The molecule has 3 heterocycles. The van der Waals surface area contributed by atoms with Crippen molar-refractivity contribution in [3.05, 3.63) is 41.1 Å². The molecule has 21 heavy (non-hydrogen) atoms. The number of fused-ring (bicyclic) bond motifs is 3. The molecule has 3 aliphatic rings. The van der Waals surface area contributed by atoms with Crippen molar-refractivity contribution in [1.82, 2.24) is 4.98 Å². The van der Waals surface area contributed by atoms with Crippen LogP contribution in [0.25, 0.3) is 10.9 Å². The first-order valence-corrected chi connectivity index (χ1v) is 8.23. The Morgan fingerprint density at radius 3 is 2.57 bits per heavy atom. The molecule has 2 bridgehead atoms. The van der Waals surface area contributed by atoms with E-state index in [1.165, 1.54) is 47.9 Å². The lowest BCUT2D eigenvalue weighted by molar-refractivity contribution is 0.364. The number of pyridine rings is 1. The average molecular weight is 278 g/mol. The first-order chi connectivity index (χ1) is 10.2. The molecule has 1 aromatic carbocycles. The van der Waals surface area contributed by atoms with Crippen LogP contribution in [0.5, 0.6) is 0 Å². The molecule has 0 spiro atoms. The second kappa shape index (κ2) is 4.94. The molecule has 2 aliphatic heterocycles. The summed E-state index contributed by atoms with van der Waals surface area (Å²) < 4.78 is 0. The zero-order valence-corrected chi connectivity index (χ0v) is 12.9. The number of aryl methyl sites for hydroxylation is 2. The van der Waals surface area contributed by atoms with E-state index in [2.05, 4.69) is 38.1 Å². The van der Waals surface area contributed by atoms with Gasteiger partial charge in [0.15, 0.2) is 0 Å². The zero-order chi connectivity index (χ0) is 14.4. The van der Waals surface area contributed by atoms with Crippen molar-refractivity contribution in [2.24, 2.45) is 10.9 Å². The molecule has 1 saturated carbocycles. The van der Waals surface area contributed by atoms with E-state index < -0.39 is 0 Å². The van der Waals surface area contributed by atoms with Crippen LogP contribution in [-0.2, 0) is 6.42 Å². The normalized spacial score (nSPS) is 24.4. The van der Waals surface area contributed by atoms with Crippen LogP contribution in [0.1, 0.15) is 49.4 Å². The Hall–Kier alpha value is -1.70. The number of hydrogen-bond donors (Lipinski definition) is 0. The fourth-order valence-electron chi connectivity index (χ4n) is 3.92. The van der Waals surface area contributed by atoms with Crippen molar-refractivity contribution in [1.29, 1.82) is 0 Å². The van der Waals surface area contributed by atoms with Gasteiger partial charge in [0, 0.05) is 22.7 Å². The number of hydrogen-bond acceptors (Lipinski definition) is 2. The molecule has 0 unspecified atom stereocenters. The molecule has 1 fully saturated rings. The summed E-state index contributed by atoms with van der Waals surface area (Å²) in [6.45, 7) is 4.31. The van der Waals surface area contributed by atoms with E-state index in [-0.39, 0.29) is 0 Å². The topological polar surface area (TPSA) is 25.2 Å². The fourth-order valence-corrected chi connectivity index (χ4v) is 3.92. The van der Waals surface area contributed by atoms with Crippen molar-refractivity contribution >= 4 is 16.6 Å². The lowest BCUT2D eigenvalue weighted by Crippen LogP contribution is -2.31. The first kappa shape index (κ1) is 13.0. The highest BCUT2D eigenvalue weighted by Gasteiger charge is 2.31. The van der Waals surface area contributed by atoms with E-state index in [1.807, 2.05) is 0 Å². The van der Waals surface area contributed by atoms with Gasteiger partial charge in [0.05, 0.1) is 11.6 Å². The van der Waals surface area contributed by atoms with E-state index in [9.17, 15) is 0 Å². The van der Waals surface area contributed by atoms with Crippen LogP contribution in [0.2, 0.25) is 0 Å². The van der Waals surface area contributed by atoms with Gasteiger partial charge in [-0.25, -0.2) is 0 Å². The molecular formula is C19H22N2. The maximum atomic E-state index is 4.98. The lowest BCUT2D eigenvalue weighted by atomic mass is 9.77. The Labute approximate surface area is 126 Å². The summed E-state index contributed by atoms with van der Waals surface area (Å²) in [6, 6.07) is 9.59. The van der Waals surface area contributed by atoms with Crippen LogP contribution in [0.15, 0.2) is 29.3 Å². The first-order valence-electron chi connectivity index (χ1n) is 8.23. The molecule has 2 heteroatoms. The quantitative estimate of drug-likeness (QED) is 0.795. The van der Waals surface area contributed by atoms with Crippen molar-refractivity contribution in [3.63, 3.8) is 0 Å². The molecule has 0 atom stereocenters. The standard InChI is InChI=1S/C19H22N2/c1-3-13-10-16-11-15(6-9-18(16)20-12(13)2)19-14-4-7-17(21-19)8-5-14/h6,9-11,14,17H,3-5,7-8H2,1-2H3. The molecule has 0 radical (unpaired) electrons. The maximum absolute atomic E-state index is 4.98. The van der Waals surface area contributed by atoms with Crippen LogP contribution in [0, 0.1) is 12.8 Å². The smallest absolute Gasteiger partial charge is 0.0705 e. The van der Waals surface area contributed by atoms with Gasteiger partial charge in [-0.3, -0.25) is 9.98 Å². The van der Waals surface area contributed by atoms with Gasteiger partial charge < -0.3 is 0 Å². The third-order valence-electron chi connectivity index (χ3n) is 5.19. The molecule has 0 amide bonds. The Balaban J connectivity index is 1.82.